The number of hydrogen-bond donors (Lipinski definition) is 1. The van der Waals surface area contributed by atoms with Crippen LogP contribution in [0.4, 0.5) is 0 Å². The Balaban J connectivity index is 2.05. The van der Waals surface area contributed by atoms with Crippen LogP contribution >= 0.6 is 0 Å². The molecule has 3 rings (SSSR count). The number of aryl methyl sites for hydroxylation is 1. The molecule has 2 heterocycles. The molecule has 0 amide bonds. The molecule has 0 aliphatic heterocycles. The molecule has 0 fully saturated rings. The lowest BCUT2D eigenvalue weighted by Gasteiger charge is -2.02. The Bertz CT molecular complexity index is 716. The first-order valence-electron chi connectivity index (χ1n) is 6.81. The van der Waals surface area contributed by atoms with Crippen LogP contribution in [0.3, 0.4) is 0 Å². The monoisotopic (exact) mass is 266 g/mol. The van der Waals surface area contributed by atoms with Gasteiger partial charge in [0.25, 0.3) is 0 Å². The van der Waals surface area contributed by atoms with Crippen LogP contribution in [0.5, 0.6) is 0 Å². The predicted molar refractivity (Wildman–Crippen MR) is 81.6 cm³/mol. The van der Waals surface area contributed by atoms with Gasteiger partial charge in [-0.15, -0.1) is 0 Å². The van der Waals surface area contributed by atoms with Gasteiger partial charge in [0.2, 0.25) is 0 Å². The van der Waals surface area contributed by atoms with Crippen molar-refractivity contribution in [2.75, 3.05) is 13.6 Å². The Morgan fingerprint density at radius 2 is 2.10 bits per heavy atom. The van der Waals surface area contributed by atoms with E-state index in [0.717, 1.165) is 35.5 Å². The summed E-state index contributed by atoms with van der Waals surface area (Å²) in [7, 11) is 4.01. The summed E-state index contributed by atoms with van der Waals surface area (Å²) in [5, 5.41) is 3.17. The van der Waals surface area contributed by atoms with Crippen molar-refractivity contribution in [2.45, 2.75) is 6.42 Å². The van der Waals surface area contributed by atoms with Crippen LogP contribution in [0.25, 0.3) is 22.6 Å². The maximum absolute atomic E-state index is 4.73. The van der Waals surface area contributed by atoms with Crippen LogP contribution < -0.4 is 5.32 Å². The molecule has 1 aromatic carbocycles. The van der Waals surface area contributed by atoms with Crippen LogP contribution in [0.2, 0.25) is 0 Å². The van der Waals surface area contributed by atoms with Crippen molar-refractivity contribution in [3.8, 4) is 11.5 Å². The highest BCUT2D eigenvalue weighted by Crippen LogP contribution is 2.22. The van der Waals surface area contributed by atoms with Gasteiger partial charge in [0.1, 0.15) is 5.69 Å². The largest absolute Gasteiger partial charge is 0.326 e. The maximum Gasteiger partial charge on any atom is 0.159 e. The zero-order valence-corrected chi connectivity index (χ0v) is 11.8. The van der Waals surface area contributed by atoms with Gasteiger partial charge in [0, 0.05) is 13.2 Å². The molecule has 3 aromatic rings. The molecule has 20 heavy (non-hydrogen) atoms. The number of aromatic nitrogens is 3. The summed E-state index contributed by atoms with van der Waals surface area (Å²) in [4.78, 5) is 9.12. The molecule has 0 atom stereocenters. The molecule has 0 aliphatic rings. The molecule has 1 N–H and O–H groups in total. The Morgan fingerprint density at radius 1 is 1.20 bits per heavy atom. The quantitative estimate of drug-likeness (QED) is 0.788. The van der Waals surface area contributed by atoms with Crippen LogP contribution in [-0.2, 0) is 13.5 Å². The number of pyridine rings is 1. The number of nitrogens with zero attached hydrogens (tertiary/aromatic N) is 3. The van der Waals surface area contributed by atoms with Crippen LogP contribution in [0.15, 0.2) is 42.6 Å². The van der Waals surface area contributed by atoms with Gasteiger partial charge in [-0.25, -0.2) is 4.98 Å². The third-order valence-electron chi connectivity index (χ3n) is 3.50. The van der Waals surface area contributed by atoms with E-state index in [1.807, 2.05) is 32.3 Å². The molecule has 0 unspecified atom stereocenters. The summed E-state index contributed by atoms with van der Waals surface area (Å²) in [5.41, 5.74) is 4.38. The van der Waals surface area contributed by atoms with Crippen molar-refractivity contribution < 1.29 is 0 Å². The van der Waals surface area contributed by atoms with Crippen molar-refractivity contribution in [3.63, 3.8) is 0 Å². The molecule has 0 radical (unpaired) electrons. The van der Waals surface area contributed by atoms with Gasteiger partial charge in [0.15, 0.2) is 5.82 Å². The van der Waals surface area contributed by atoms with Crippen LogP contribution in [0.1, 0.15) is 5.56 Å². The smallest absolute Gasteiger partial charge is 0.159 e. The van der Waals surface area contributed by atoms with Crippen LogP contribution in [0, 0.1) is 0 Å². The topological polar surface area (TPSA) is 42.7 Å². The number of imidazole rings is 1. The zero-order valence-electron chi connectivity index (χ0n) is 11.8. The third-order valence-corrected chi connectivity index (χ3v) is 3.50. The summed E-state index contributed by atoms with van der Waals surface area (Å²) >= 11 is 0. The molecule has 4 heteroatoms. The summed E-state index contributed by atoms with van der Waals surface area (Å²) < 4.78 is 2.10. The lowest BCUT2D eigenvalue weighted by Crippen LogP contribution is -2.10. The first kappa shape index (κ1) is 12.8. The fraction of sp³-hybridized carbons (Fsp3) is 0.250. The van der Waals surface area contributed by atoms with E-state index in [1.54, 1.807) is 6.20 Å². The Morgan fingerprint density at radius 3 is 2.85 bits per heavy atom. The second-order valence-electron chi connectivity index (χ2n) is 4.89. The van der Waals surface area contributed by atoms with Crippen molar-refractivity contribution in [2.24, 2.45) is 7.05 Å². The minimum absolute atomic E-state index is 0.906. The number of nitrogens with one attached hydrogen (secondary N) is 1. The Kier molecular flexibility index (Phi) is 3.48. The maximum atomic E-state index is 4.73. The van der Waals surface area contributed by atoms with E-state index >= 15 is 0 Å². The first-order valence-corrected chi connectivity index (χ1v) is 6.81. The molecule has 0 aliphatic carbocycles. The second-order valence-corrected chi connectivity index (χ2v) is 4.89. The van der Waals surface area contributed by atoms with E-state index in [2.05, 4.69) is 33.1 Å². The molecule has 2 aromatic heterocycles. The average molecular weight is 266 g/mol. The minimum atomic E-state index is 0.906. The number of hydrogen-bond acceptors (Lipinski definition) is 3. The zero-order chi connectivity index (χ0) is 13.9. The lowest BCUT2D eigenvalue weighted by molar-refractivity contribution is 0.792. The summed E-state index contributed by atoms with van der Waals surface area (Å²) in [6.45, 7) is 0.978. The van der Waals surface area contributed by atoms with E-state index in [9.17, 15) is 0 Å². The molecule has 0 bridgehead atoms. The van der Waals surface area contributed by atoms with E-state index in [1.165, 1.54) is 5.56 Å². The first-order chi connectivity index (χ1) is 9.79. The fourth-order valence-corrected chi connectivity index (χ4v) is 2.39. The van der Waals surface area contributed by atoms with E-state index in [4.69, 9.17) is 4.98 Å². The van der Waals surface area contributed by atoms with E-state index in [0.29, 0.717) is 0 Å². The highest BCUT2D eigenvalue weighted by Gasteiger charge is 2.10. The predicted octanol–water partition coefficient (Wildman–Crippen LogP) is 2.40. The standard InChI is InChI=1S/C16H18N4/c1-17-10-8-12-6-7-15-14(11-12)19-16(20(15)2)13-5-3-4-9-18-13/h3-7,9,11,17H,8,10H2,1-2H3. The van der Waals surface area contributed by atoms with Gasteiger partial charge >= 0.3 is 0 Å². The van der Waals surface area contributed by atoms with Gasteiger partial charge < -0.3 is 9.88 Å². The Labute approximate surface area is 118 Å². The van der Waals surface area contributed by atoms with Crippen molar-refractivity contribution in [3.05, 3.63) is 48.2 Å². The number of likely N-dealkylation sites (N-methyl/N-ethyl adjacent to an activating group) is 1. The van der Waals surface area contributed by atoms with Crippen molar-refractivity contribution >= 4 is 11.0 Å². The van der Waals surface area contributed by atoms with Gasteiger partial charge in [-0.05, 0) is 49.8 Å². The number of fused-ring (bicyclic) bond motifs is 1. The van der Waals surface area contributed by atoms with E-state index in [-0.39, 0.29) is 0 Å². The molecular weight excluding hydrogens is 248 g/mol. The molecule has 0 saturated carbocycles. The summed E-state index contributed by atoms with van der Waals surface area (Å²) in [6, 6.07) is 12.4. The highest BCUT2D eigenvalue weighted by molar-refractivity contribution is 5.80. The molecular formula is C16H18N4. The van der Waals surface area contributed by atoms with Gasteiger partial charge in [-0.1, -0.05) is 12.1 Å². The van der Waals surface area contributed by atoms with Crippen molar-refractivity contribution in [1.29, 1.82) is 0 Å². The Hall–Kier alpha value is -2.20. The van der Waals surface area contributed by atoms with Crippen molar-refractivity contribution in [1.82, 2.24) is 19.9 Å². The summed E-state index contributed by atoms with van der Waals surface area (Å²) in [6.07, 6.45) is 2.81. The van der Waals surface area contributed by atoms with Gasteiger partial charge in [-0.3, -0.25) is 4.98 Å². The summed E-state index contributed by atoms with van der Waals surface area (Å²) in [5.74, 6) is 0.909. The van der Waals surface area contributed by atoms with E-state index < -0.39 is 0 Å². The molecule has 4 nitrogen and oxygen atoms in total. The van der Waals surface area contributed by atoms with Crippen LogP contribution in [-0.4, -0.2) is 28.1 Å². The minimum Gasteiger partial charge on any atom is -0.326 e. The third kappa shape index (κ3) is 2.30. The highest BCUT2D eigenvalue weighted by atomic mass is 15.1. The number of benzene rings is 1. The fourth-order valence-electron chi connectivity index (χ4n) is 2.39. The average Bonchev–Trinajstić information content (AvgIpc) is 2.83. The normalized spacial score (nSPS) is 11.1. The molecule has 102 valence electrons. The SMILES string of the molecule is CNCCc1ccc2c(c1)nc(-c1ccccn1)n2C. The molecule has 0 spiro atoms. The van der Waals surface area contributed by atoms with Gasteiger partial charge in [-0.2, -0.15) is 0 Å². The lowest BCUT2D eigenvalue weighted by atomic mass is 10.1. The number of rotatable bonds is 4. The second kappa shape index (κ2) is 5.43. The molecule has 0 saturated heterocycles. The van der Waals surface area contributed by atoms with Gasteiger partial charge in [0.05, 0.1) is 11.0 Å².